The zero-order valence-electron chi connectivity index (χ0n) is 4.91. The minimum Gasteiger partial charge on any atom is -0.272 e. The second-order valence-electron chi connectivity index (χ2n) is 2.01. The largest absolute Gasteiger partial charge is 0.272 e. The van der Waals surface area contributed by atoms with Crippen molar-refractivity contribution in [2.24, 2.45) is 9.98 Å². The van der Waals surface area contributed by atoms with E-state index in [0.29, 0.717) is 6.67 Å². The molecule has 2 heterocycles. The molecule has 2 aliphatic rings. The van der Waals surface area contributed by atoms with E-state index in [4.69, 9.17) is 0 Å². The van der Waals surface area contributed by atoms with Crippen LogP contribution in [0.25, 0.3) is 0 Å². The smallest absolute Gasteiger partial charge is 0.143 e. The maximum absolute atomic E-state index is 4.16. The van der Waals surface area contributed by atoms with Crippen LogP contribution in [0.4, 0.5) is 0 Å². The molecule has 3 nitrogen and oxygen atoms in total. The molecule has 0 aromatic rings. The van der Waals surface area contributed by atoms with Crippen molar-refractivity contribution < 1.29 is 1.43 Å². The highest BCUT2D eigenvalue weighted by molar-refractivity contribution is 6.05. The van der Waals surface area contributed by atoms with Gasteiger partial charge in [-0.05, 0) is 12.2 Å². The van der Waals surface area contributed by atoms with Crippen LogP contribution in [0.5, 0.6) is 0 Å². The number of hydrogen-bond donors (Lipinski definition) is 1. The highest BCUT2D eigenvalue weighted by Crippen LogP contribution is 2.02. The van der Waals surface area contributed by atoms with Crippen LogP contribution in [-0.2, 0) is 0 Å². The Labute approximate surface area is 54.7 Å². The predicted octanol–water partition coefficient (Wildman–Crippen LogP) is 0.201. The van der Waals surface area contributed by atoms with Gasteiger partial charge >= 0.3 is 0 Å². The van der Waals surface area contributed by atoms with E-state index in [2.05, 4.69) is 15.3 Å². The number of allylic oxidation sites excluding steroid dienone is 1. The van der Waals surface area contributed by atoms with Crippen LogP contribution >= 0.6 is 0 Å². The number of rotatable bonds is 0. The quantitative estimate of drug-likeness (QED) is 0.491. The number of aliphatic imine (C=N–C) groups is 2. The molecule has 0 aromatic heterocycles. The fourth-order valence-electron chi connectivity index (χ4n) is 0.965. The summed E-state index contributed by atoms with van der Waals surface area (Å²) in [6.45, 7) is 0.710. The standard InChI is InChI=1S/C6H7N3.H2/c1-2-5-6(7-3-1)9-4-8-5;/h1-3,6,9H,4H2;1H. The number of nitrogens with zero attached hydrogens (tertiary/aromatic N) is 2. The van der Waals surface area contributed by atoms with Gasteiger partial charge in [-0.3, -0.25) is 15.3 Å². The second-order valence-corrected chi connectivity index (χ2v) is 2.01. The Hall–Kier alpha value is -0.960. The molecule has 0 saturated carbocycles. The zero-order chi connectivity index (χ0) is 6.10. The SMILES string of the molecule is C1=CC2=NCNC2N=C1.[HH]. The average Bonchev–Trinajstić information content (AvgIpc) is 2.33. The normalized spacial score (nSPS) is 30.2. The number of nitrogens with one attached hydrogen (secondary N) is 1. The van der Waals surface area contributed by atoms with Crippen molar-refractivity contribution in [3.05, 3.63) is 12.2 Å². The summed E-state index contributed by atoms with van der Waals surface area (Å²) in [4.78, 5) is 8.30. The van der Waals surface area contributed by atoms with E-state index < -0.39 is 0 Å². The van der Waals surface area contributed by atoms with Gasteiger partial charge in [0.25, 0.3) is 0 Å². The van der Waals surface area contributed by atoms with Gasteiger partial charge in [0.05, 0.1) is 12.4 Å². The van der Waals surface area contributed by atoms with Gasteiger partial charge < -0.3 is 0 Å². The van der Waals surface area contributed by atoms with E-state index in [1.165, 1.54) is 0 Å². The van der Waals surface area contributed by atoms with Gasteiger partial charge in [0, 0.05) is 7.64 Å². The van der Waals surface area contributed by atoms with E-state index in [1.54, 1.807) is 6.21 Å². The van der Waals surface area contributed by atoms with Gasteiger partial charge in [-0.15, -0.1) is 0 Å². The lowest BCUT2D eigenvalue weighted by Gasteiger charge is -2.06. The minimum atomic E-state index is 0. The van der Waals surface area contributed by atoms with Crippen LogP contribution in [-0.4, -0.2) is 24.8 Å². The first-order valence-electron chi connectivity index (χ1n) is 2.94. The van der Waals surface area contributed by atoms with E-state index >= 15 is 0 Å². The molecule has 3 heteroatoms. The van der Waals surface area contributed by atoms with Gasteiger partial charge in [0.2, 0.25) is 0 Å². The average molecular weight is 123 g/mol. The molecule has 2 rings (SSSR count). The van der Waals surface area contributed by atoms with Crippen molar-refractivity contribution in [2.75, 3.05) is 6.67 Å². The first-order chi connectivity index (χ1) is 4.47. The molecular weight excluding hydrogens is 114 g/mol. The summed E-state index contributed by atoms with van der Waals surface area (Å²) in [5.74, 6) is 0. The molecule has 0 aliphatic carbocycles. The zero-order valence-corrected chi connectivity index (χ0v) is 4.91. The van der Waals surface area contributed by atoms with E-state index in [0.717, 1.165) is 5.71 Å². The van der Waals surface area contributed by atoms with Crippen LogP contribution in [0.2, 0.25) is 0 Å². The highest BCUT2D eigenvalue weighted by atomic mass is 15.2. The summed E-state index contributed by atoms with van der Waals surface area (Å²) >= 11 is 0. The molecule has 0 saturated heterocycles. The summed E-state index contributed by atoms with van der Waals surface area (Å²) in [5.41, 5.74) is 1.05. The van der Waals surface area contributed by atoms with Gasteiger partial charge in [-0.25, -0.2) is 0 Å². The molecule has 9 heavy (non-hydrogen) atoms. The van der Waals surface area contributed by atoms with Crippen LogP contribution < -0.4 is 5.32 Å². The molecule has 0 bridgehead atoms. The first-order valence-corrected chi connectivity index (χ1v) is 2.94. The van der Waals surface area contributed by atoms with Crippen molar-refractivity contribution in [3.8, 4) is 0 Å². The second kappa shape index (κ2) is 1.77. The Morgan fingerprint density at radius 2 is 2.78 bits per heavy atom. The maximum atomic E-state index is 4.16. The minimum absolute atomic E-state index is 0. The van der Waals surface area contributed by atoms with Crippen molar-refractivity contribution in [1.29, 1.82) is 0 Å². The lowest BCUT2D eigenvalue weighted by molar-refractivity contribution is 0.706. The van der Waals surface area contributed by atoms with Crippen molar-refractivity contribution in [2.45, 2.75) is 6.17 Å². The monoisotopic (exact) mass is 123 g/mol. The number of hydrogen-bond acceptors (Lipinski definition) is 3. The topological polar surface area (TPSA) is 36.8 Å². The lowest BCUT2D eigenvalue weighted by atomic mass is 10.2. The molecule has 1 unspecified atom stereocenters. The third-order valence-electron chi connectivity index (χ3n) is 1.41. The Bertz CT molecular complexity index is 204. The Morgan fingerprint density at radius 1 is 1.78 bits per heavy atom. The van der Waals surface area contributed by atoms with Crippen molar-refractivity contribution in [1.82, 2.24) is 5.32 Å². The first kappa shape index (κ1) is 4.88. The predicted molar refractivity (Wildman–Crippen MR) is 39.0 cm³/mol. The van der Waals surface area contributed by atoms with Gasteiger partial charge in [-0.2, -0.15) is 0 Å². The molecule has 2 aliphatic heterocycles. The highest BCUT2D eigenvalue weighted by Gasteiger charge is 2.16. The number of dihydropyridines is 1. The molecule has 0 radical (unpaired) electrons. The molecule has 0 aromatic carbocycles. The van der Waals surface area contributed by atoms with Crippen LogP contribution in [0, 0.1) is 0 Å². The van der Waals surface area contributed by atoms with Crippen LogP contribution in [0.1, 0.15) is 1.43 Å². The molecule has 1 N–H and O–H groups in total. The molecular formula is C6H9N3. The van der Waals surface area contributed by atoms with Gasteiger partial charge in [0.15, 0.2) is 0 Å². The van der Waals surface area contributed by atoms with Crippen molar-refractivity contribution >= 4 is 11.9 Å². The van der Waals surface area contributed by atoms with Gasteiger partial charge in [0.1, 0.15) is 6.17 Å². The van der Waals surface area contributed by atoms with Gasteiger partial charge in [-0.1, -0.05) is 0 Å². The third-order valence-corrected chi connectivity index (χ3v) is 1.41. The molecule has 0 fully saturated rings. The van der Waals surface area contributed by atoms with Crippen LogP contribution in [0.3, 0.4) is 0 Å². The van der Waals surface area contributed by atoms with E-state index in [-0.39, 0.29) is 7.59 Å². The fraction of sp³-hybridized carbons (Fsp3) is 0.333. The lowest BCUT2D eigenvalue weighted by Crippen LogP contribution is -2.28. The summed E-state index contributed by atoms with van der Waals surface area (Å²) in [5, 5.41) is 3.11. The molecule has 48 valence electrons. The maximum Gasteiger partial charge on any atom is 0.143 e. The fourth-order valence-corrected chi connectivity index (χ4v) is 0.965. The molecule has 1 atom stereocenters. The Kier molecular flexibility index (Phi) is 0.960. The Morgan fingerprint density at radius 3 is 3.67 bits per heavy atom. The summed E-state index contributed by atoms with van der Waals surface area (Å²) in [7, 11) is 0. The molecule has 0 amide bonds. The summed E-state index contributed by atoms with van der Waals surface area (Å²) in [6.07, 6.45) is 5.83. The summed E-state index contributed by atoms with van der Waals surface area (Å²) in [6, 6.07) is 0. The van der Waals surface area contributed by atoms with Crippen molar-refractivity contribution in [3.63, 3.8) is 0 Å². The Balaban J connectivity index is 0.000000500. The number of fused-ring (bicyclic) bond motifs is 1. The van der Waals surface area contributed by atoms with E-state index in [1.807, 2.05) is 12.2 Å². The summed E-state index contributed by atoms with van der Waals surface area (Å²) < 4.78 is 0. The molecule has 0 spiro atoms. The third kappa shape index (κ3) is 0.695. The van der Waals surface area contributed by atoms with Crippen LogP contribution in [0.15, 0.2) is 22.1 Å². The van der Waals surface area contributed by atoms with E-state index in [9.17, 15) is 0 Å².